The molecule has 0 fully saturated rings. The van der Waals surface area contributed by atoms with Crippen LogP contribution in [0.15, 0.2) is 24.3 Å². The molecule has 2 N–H and O–H groups in total. The molecule has 0 aliphatic heterocycles. The third-order valence-corrected chi connectivity index (χ3v) is 3.44. The van der Waals surface area contributed by atoms with Gasteiger partial charge in [-0.05, 0) is 37.0 Å². The third-order valence-electron chi connectivity index (χ3n) is 2.79. The van der Waals surface area contributed by atoms with Crippen molar-refractivity contribution in [2.24, 2.45) is 0 Å². The standard InChI is InChI=1S/C14H20N2O3S/c1-10-6-4-5-7-11(10)15-14(18)16-12(8-9-20-3)13(17)19-2/h4-7,12H,8-9H2,1-3H3,(H2,15,16,18)/t12-/m1/s1. The zero-order chi connectivity index (χ0) is 15.0. The molecule has 0 aliphatic carbocycles. The molecule has 0 radical (unpaired) electrons. The Bertz CT molecular complexity index is 465. The molecule has 0 unspecified atom stereocenters. The molecule has 0 spiro atoms. The van der Waals surface area contributed by atoms with Crippen molar-refractivity contribution in [1.29, 1.82) is 0 Å². The summed E-state index contributed by atoms with van der Waals surface area (Å²) in [5.41, 5.74) is 1.68. The summed E-state index contributed by atoms with van der Waals surface area (Å²) in [5, 5.41) is 5.37. The van der Waals surface area contributed by atoms with E-state index in [0.717, 1.165) is 17.0 Å². The van der Waals surface area contributed by atoms with E-state index in [1.165, 1.54) is 7.11 Å². The van der Waals surface area contributed by atoms with E-state index in [-0.39, 0.29) is 0 Å². The van der Waals surface area contributed by atoms with Crippen molar-refractivity contribution in [3.63, 3.8) is 0 Å². The molecule has 6 heteroatoms. The van der Waals surface area contributed by atoms with Gasteiger partial charge in [0.25, 0.3) is 0 Å². The molecule has 1 atom stereocenters. The van der Waals surface area contributed by atoms with Gasteiger partial charge < -0.3 is 15.4 Å². The van der Waals surface area contributed by atoms with E-state index < -0.39 is 18.0 Å². The number of hydrogen-bond donors (Lipinski definition) is 2. The van der Waals surface area contributed by atoms with Crippen molar-refractivity contribution in [2.75, 3.05) is 24.4 Å². The molecule has 110 valence electrons. The van der Waals surface area contributed by atoms with Crippen LogP contribution >= 0.6 is 11.8 Å². The highest BCUT2D eigenvalue weighted by Crippen LogP contribution is 2.13. The normalized spacial score (nSPS) is 11.6. The van der Waals surface area contributed by atoms with Gasteiger partial charge in [-0.15, -0.1) is 0 Å². The smallest absolute Gasteiger partial charge is 0.328 e. The van der Waals surface area contributed by atoms with E-state index in [0.29, 0.717) is 6.42 Å². The maximum atomic E-state index is 11.9. The molecule has 1 rings (SSSR count). The lowest BCUT2D eigenvalue weighted by Crippen LogP contribution is -2.44. The molecule has 0 saturated heterocycles. The molecule has 5 nitrogen and oxygen atoms in total. The van der Waals surface area contributed by atoms with Gasteiger partial charge >= 0.3 is 12.0 Å². The second kappa shape index (κ2) is 8.47. The largest absolute Gasteiger partial charge is 0.467 e. The average Bonchev–Trinajstić information content (AvgIpc) is 2.45. The summed E-state index contributed by atoms with van der Waals surface area (Å²) in [7, 11) is 1.31. The highest BCUT2D eigenvalue weighted by molar-refractivity contribution is 7.98. The van der Waals surface area contributed by atoms with Crippen LogP contribution in [0.3, 0.4) is 0 Å². The SMILES string of the molecule is COC(=O)[C@@H](CCSC)NC(=O)Nc1ccccc1C. The summed E-state index contributed by atoms with van der Waals surface area (Å²) < 4.78 is 4.69. The minimum Gasteiger partial charge on any atom is -0.467 e. The van der Waals surface area contributed by atoms with Crippen molar-refractivity contribution in [3.05, 3.63) is 29.8 Å². The summed E-state index contributed by atoms with van der Waals surface area (Å²) in [6.07, 6.45) is 2.48. The number of carbonyl (C=O) groups excluding carboxylic acids is 2. The number of amides is 2. The van der Waals surface area contributed by atoms with Crippen LogP contribution in [0.25, 0.3) is 0 Å². The summed E-state index contributed by atoms with van der Waals surface area (Å²) in [6, 6.07) is 6.42. The molecular weight excluding hydrogens is 276 g/mol. The van der Waals surface area contributed by atoms with E-state index in [2.05, 4.69) is 10.6 Å². The van der Waals surface area contributed by atoms with Gasteiger partial charge in [0, 0.05) is 5.69 Å². The van der Waals surface area contributed by atoms with Crippen LogP contribution in [-0.4, -0.2) is 37.2 Å². The van der Waals surface area contributed by atoms with Crippen LogP contribution < -0.4 is 10.6 Å². The van der Waals surface area contributed by atoms with Crippen molar-refractivity contribution < 1.29 is 14.3 Å². The Hall–Kier alpha value is -1.69. The van der Waals surface area contributed by atoms with Crippen molar-refractivity contribution in [2.45, 2.75) is 19.4 Å². The van der Waals surface area contributed by atoms with Crippen LogP contribution in [-0.2, 0) is 9.53 Å². The Morgan fingerprint density at radius 2 is 2.05 bits per heavy atom. The number of benzene rings is 1. The fourth-order valence-electron chi connectivity index (χ4n) is 1.66. The minimum atomic E-state index is -0.628. The van der Waals surface area contributed by atoms with Crippen LogP contribution in [0.2, 0.25) is 0 Å². The lowest BCUT2D eigenvalue weighted by Gasteiger charge is -2.17. The highest BCUT2D eigenvalue weighted by atomic mass is 32.2. The first-order valence-electron chi connectivity index (χ1n) is 6.28. The van der Waals surface area contributed by atoms with E-state index in [1.54, 1.807) is 11.8 Å². The van der Waals surface area contributed by atoms with E-state index in [4.69, 9.17) is 4.74 Å². The molecule has 20 heavy (non-hydrogen) atoms. The topological polar surface area (TPSA) is 67.4 Å². The Kier molecular flexibility index (Phi) is 6.93. The number of urea groups is 1. The molecule has 0 aromatic heterocycles. The zero-order valence-corrected chi connectivity index (χ0v) is 12.8. The Balaban J connectivity index is 2.61. The number of thioether (sulfide) groups is 1. The summed E-state index contributed by atoms with van der Waals surface area (Å²) >= 11 is 1.61. The number of hydrogen-bond acceptors (Lipinski definition) is 4. The number of ether oxygens (including phenoxy) is 1. The van der Waals surface area contributed by atoms with E-state index >= 15 is 0 Å². The molecule has 0 aliphatic rings. The molecule has 0 saturated carbocycles. The van der Waals surface area contributed by atoms with Gasteiger partial charge in [0.1, 0.15) is 6.04 Å². The fraction of sp³-hybridized carbons (Fsp3) is 0.429. The Morgan fingerprint density at radius 1 is 1.35 bits per heavy atom. The number of para-hydroxylation sites is 1. The first-order chi connectivity index (χ1) is 9.58. The van der Waals surface area contributed by atoms with Crippen LogP contribution in [0, 0.1) is 6.92 Å². The van der Waals surface area contributed by atoms with Gasteiger partial charge in [-0.25, -0.2) is 9.59 Å². The first-order valence-corrected chi connectivity index (χ1v) is 7.67. The average molecular weight is 296 g/mol. The number of methoxy groups -OCH3 is 1. The van der Waals surface area contributed by atoms with Crippen molar-refractivity contribution in [3.8, 4) is 0 Å². The molecule has 1 aromatic rings. The van der Waals surface area contributed by atoms with Gasteiger partial charge in [0.2, 0.25) is 0 Å². The van der Waals surface area contributed by atoms with Crippen LogP contribution in [0.4, 0.5) is 10.5 Å². The van der Waals surface area contributed by atoms with Crippen LogP contribution in [0.5, 0.6) is 0 Å². The first kappa shape index (κ1) is 16.4. The summed E-state index contributed by atoms with van der Waals surface area (Å²) in [6.45, 7) is 1.90. The van der Waals surface area contributed by atoms with Crippen molar-refractivity contribution in [1.82, 2.24) is 5.32 Å². The predicted octanol–water partition coefficient (Wildman–Crippen LogP) is 2.41. The number of carbonyl (C=O) groups is 2. The highest BCUT2D eigenvalue weighted by Gasteiger charge is 2.21. The second-order valence-corrected chi connectivity index (χ2v) is 5.26. The maximum Gasteiger partial charge on any atom is 0.328 e. The molecule has 0 heterocycles. The lowest BCUT2D eigenvalue weighted by atomic mass is 10.2. The predicted molar refractivity (Wildman–Crippen MR) is 82.1 cm³/mol. The maximum absolute atomic E-state index is 11.9. The lowest BCUT2D eigenvalue weighted by molar-refractivity contribution is -0.142. The second-order valence-electron chi connectivity index (χ2n) is 4.27. The molecular formula is C14H20N2O3S. The molecule has 2 amide bonds. The minimum absolute atomic E-state index is 0.407. The fourth-order valence-corrected chi connectivity index (χ4v) is 2.13. The van der Waals surface area contributed by atoms with E-state index in [9.17, 15) is 9.59 Å². The van der Waals surface area contributed by atoms with Gasteiger partial charge in [-0.1, -0.05) is 18.2 Å². The monoisotopic (exact) mass is 296 g/mol. The summed E-state index contributed by atoms with van der Waals surface area (Å²) in [4.78, 5) is 23.5. The zero-order valence-electron chi connectivity index (χ0n) is 11.9. The number of rotatable bonds is 6. The third kappa shape index (κ3) is 5.13. The van der Waals surface area contributed by atoms with Crippen molar-refractivity contribution >= 4 is 29.4 Å². The van der Waals surface area contributed by atoms with Crippen LogP contribution in [0.1, 0.15) is 12.0 Å². The summed E-state index contributed by atoms with van der Waals surface area (Å²) in [5.74, 6) is 0.337. The Morgan fingerprint density at radius 3 is 2.65 bits per heavy atom. The molecule has 0 bridgehead atoms. The molecule has 1 aromatic carbocycles. The quantitative estimate of drug-likeness (QED) is 0.791. The van der Waals surface area contributed by atoms with Gasteiger partial charge in [0.15, 0.2) is 0 Å². The number of esters is 1. The number of anilines is 1. The van der Waals surface area contributed by atoms with Gasteiger partial charge in [-0.2, -0.15) is 11.8 Å². The van der Waals surface area contributed by atoms with Gasteiger partial charge in [-0.3, -0.25) is 0 Å². The Labute approximate surface area is 123 Å². The number of nitrogens with one attached hydrogen (secondary N) is 2. The number of aryl methyl sites for hydroxylation is 1. The van der Waals surface area contributed by atoms with Gasteiger partial charge in [0.05, 0.1) is 7.11 Å². The van der Waals surface area contributed by atoms with E-state index in [1.807, 2.05) is 37.4 Å².